The monoisotopic (exact) mass is 304 g/mol. The molecule has 0 amide bonds. The van der Waals surface area contributed by atoms with Gasteiger partial charge in [-0.15, -0.1) is 0 Å². The molecule has 1 aromatic rings. The molecule has 2 heterocycles. The van der Waals surface area contributed by atoms with Crippen LogP contribution >= 0.6 is 27.5 Å². The first kappa shape index (κ1) is 12.1. The second kappa shape index (κ2) is 5.34. The van der Waals surface area contributed by atoms with E-state index >= 15 is 0 Å². The van der Waals surface area contributed by atoms with Crippen LogP contribution in [0.25, 0.3) is 0 Å². The van der Waals surface area contributed by atoms with Crippen molar-refractivity contribution in [1.82, 2.24) is 4.98 Å². The number of pyridine rings is 1. The molecule has 5 heteroatoms. The van der Waals surface area contributed by atoms with E-state index in [4.69, 9.17) is 16.3 Å². The Morgan fingerprint density at radius 2 is 2.50 bits per heavy atom. The summed E-state index contributed by atoms with van der Waals surface area (Å²) in [7, 11) is 1.99. The largest absolute Gasteiger partial charge is 0.376 e. The maximum absolute atomic E-state index is 6.13. The van der Waals surface area contributed by atoms with Crippen LogP contribution in [0.3, 0.4) is 0 Å². The lowest BCUT2D eigenvalue weighted by Crippen LogP contribution is -2.29. The third-order valence-electron chi connectivity index (χ3n) is 2.65. The second-order valence-electron chi connectivity index (χ2n) is 3.97. The van der Waals surface area contributed by atoms with E-state index in [1.165, 1.54) is 0 Å². The first-order valence-corrected chi connectivity index (χ1v) is 6.47. The minimum atomic E-state index is 0.312. The number of likely N-dealkylation sites (N-methyl/N-ethyl adjacent to an activating group) is 1. The molecule has 0 aliphatic carbocycles. The van der Waals surface area contributed by atoms with Gasteiger partial charge in [0.05, 0.1) is 11.1 Å². The van der Waals surface area contributed by atoms with E-state index in [0.717, 1.165) is 36.3 Å². The van der Waals surface area contributed by atoms with Gasteiger partial charge in [-0.2, -0.15) is 0 Å². The average Bonchev–Trinajstić information content (AvgIpc) is 2.70. The van der Waals surface area contributed by atoms with E-state index in [0.29, 0.717) is 11.1 Å². The molecule has 0 radical (unpaired) electrons. The number of halogens is 2. The predicted molar refractivity (Wildman–Crippen MR) is 69.2 cm³/mol. The van der Waals surface area contributed by atoms with Gasteiger partial charge in [-0.05, 0) is 34.8 Å². The molecule has 1 unspecified atom stereocenters. The maximum atomic E-state index is 6.13. The number of rotatable bonds is 3. The number of hydrogen-bond donors (Lipinski definition) is 0. The number of nitrogens with zero attached hydrogens (tertiary/aromatic N) is 2. The van der Waals surface area contributed by atoms with Crippen LogP contribution < -0.4 is 4.90 Å². The Morgan fingerprint density at radius 1 is 1.69 bits per heavy atom. The molecular formula is C11H14BrClN2O. The lowest BCUT2D eigenvalue weighted by Gasteiger charge is -2.22. The Kier molecular flexibility index (Phi) is 4.05. The van der Waals surface area contributed by atoms with Crippen LogP contribution in [0.5, 0.6) is 0 Å². The molecule has 3 nitrogen and oxygen atoms in total. The lowest BCUT2D eigenvalue weighted by atomic mass is 10.2. The number of hydrogen-bond acceptors (Lipinski definition) is 3. The van der Waals surface area contributed by atoms with Crippen LogP contribution in [0.15, 0.2) is 16.7 Å². The molecule has 88 valence electrons. The third-order valence-corrected chi connectivity index (χ3v) is 3.36. The van der Waals surface area contributed by atoms with Gasteiger partial charge in [0.2, 0.25) is 0 Å². The van der Waals surface area contributed by atoms with Crippen LogP contribution in [-0.4, -0.2) is 31.3 Å². The quantitative estimate of drug-likeness (QED) is 0.858. The summed E-state index contributed by atoms with van der Waals surface area (Å²) >= 11 is 9.48. The number of aromatic nitrogens is 1. The molecule has 1 fully saturated rings. The first-order valence-electron chi connectivity index (χ1n) is 5.30. The summed E-state index contributed by atoms with van der Waals surface area (Å²) in [4.78, 5) is 6.36. The highest BCUT2D eigenvalue weighted by molar-refractivity contribution is 9.10. The van der Waals surface area contributed by atoms with Gasteiger partial charge in [-0.3, -0.25) is 0 Å². The van der Waals surface area contributed by atoms with Crippen LogP contribution in [0.4, 0.5) is 5.82 Å². The van der Waals surface area contributed by atoms with Crippen LogP contribution in [-0.2, 0) is 4.74 Å². The Labute approximate surface area is 109 Å². The molecule has 1 aliphatic heterocycles. The molecule has 16 heavy (non-hydrogen) atoms. The minimum absolute atomic E-state index is 0.312. The average molecular weight is 306 g/mol. The number of anilines is 1. The van der Waals surface area contributed by atoms with Gasteiger partial charge >= 0.3 is 0 Å². The molecule has 0 aromatic carbocycles. The van der Waals surface area contributed by atoms with E-state index in [1.54, 1.807) is 6.20 Å². The van der Waals surface area contributed by atoms with E-state index in [2.05, 4.69) is 20.9 Å². The van der Waals surface area contributed by atoms with E-state index in [9.17, 15) is 0 Å². The summed E-state index contributed by atoms with van der Waals surface area (Å²) in [5.74, 6) is 0.806. The summed E-state index contributed by atoms with van der Waals surface area (Å²) in [5.41, 5.74) is 0. The fourth-order valence-corrected chi connectivity index (χ4v) is 2.64. The van der Waals surface area contributed by atoms with Crippen LogP contribution in [0.2, 0.25) is 5.02 Å². The van der Waals surface area contributed by atoms with E-state index in [-0.39, 0.29) is 0 Å². The Balaban J connectivity index is 2.04. The highest BCUT2D eigenvalue weighted by Gasteiger charge is 2.19. The van der Waals surface area contributed by atoms with Crippen molar-refractivity contribution in [3.63, 3.8) is 0 Å². The molecule has 2 rings (SSSR count). The molecular weight excluding hydrogens is 291 g/mol. The third kappa shape index (κ3) is 2.87. The van der Waals surface area contributed by atoms with Crippen LogP contribution in [0, 0.1) is 0 Å². The summed E-state index contributed by atoms with van der Waals surface area (Å²) in [6.45, 7) is 1.72. The van der Waals surface area contributed by atoms with Gasteiger partial charge in [0.1, 0.15) is 5.82 Å². The Hall–Kier alpha value is -0.320. The van der Waals surface area contributed by atoms with Crippen molar-refractivity contribution in [2.24, 2.45) is 0 Å². The van der Waals surface area contributed by atoms with Gasteiger partial charge in [-0.1, -0.05) is 11.6 Å². The van der Waals surface area contributed by atoms with Crippen molar-refractivity contribution < 1.29 is 4.74 Å². The molecule has 1 aliphatic rings. The maximum Gasteiger partial charge on any atom is 0.147 e. The molecule has 0 bridgehead atoms. The predicted octanol–water partition coefficient (Wildman–Crippen LogP) is 3.11. The Morgan fingerprint density at radius 3 is 3.12 bits per heavy atom. The molecule has 0 spiro atoms. The minimum Gasteiger partial charge on any atom is -0.376 e. The van der Waals surface area contributed by atoms with Crippen molar-refractivity contribution in [2.75, 3.05) is 25.1 Å². The summed E-state index contributed by atoms with van der Waals surface area (Å²) in [6, 6.07) is 1.86. The zero-order valence-electron chi connectivity index (χ0n) is 9.12. The topological polar surface area (TPSA) is 25.4 Å². The van der Waals surface area contributed by atoms with Gasteiger partial charge in [0, 0.05) is 30.9 Å². The second-order valence-corrected chi connectivity index (χ2v) is 5.30. The zero-order valence-corrected chi connectivity index (χ0v) is 11.5. The lowest BCUT2D eigenvalue weighted by molar-refractivity contribution is 0.116. The zero-order chi connectivity index (χ0) is 11.5. The van der Waals surface area contributed by atoms with Crippen LogP contribution in [0.1, 0.15) is 12.8 Å². The first-order chi connectivity index (χ1) is 7.66. The van der Waals surface area contributed by atoms with Crippen molar-refractivity contribution in [1.29, 1.82) is 0 Å². The fourth-order valence-electron chi connectivity index (χ4n) is 1.87. The van der Waals surface area contributed by atoms with Gasteiger partial charge in [0.25, 0.3) is 0 Å². The van der Waals surface area contributed by atoms with Crippen molar-refractivity contribution in [2.45, 2.75) is 18.9 Å². The highest BCUT2D eigenvalue weighted by atomic mass is 79.9. The van der Waals surface area contributed by atoms with E-state index < -0.39 is 0 Å². The smallest absolute Gasteiger partial charge is 0.147 e. The Bertz CT molecular complexity index is 369. The normalized spacial score (nSPS) is 20.1. The molecule has 1 aromatic heterocycles. The summed E-state index contributed by atoms with van der Waals surface area (Å²) in [6.07, 6.45) is 4.35. The van der Waals surface area contributed by atoms with Crippen molar-refractivity contribution in [3.8, 4) is 0 Å². The summed E-state index contributed by atoms with van der Waals surface area (Å²) < 4.78 is 6.48. The fraction of sp³-hybridized carbons (Fsp3) is 0.545. The summed E-state index contributed by atoms with van der Waals surface area (Å²) in [5, 5.41) is 0.662. The molecule has 1 saturated heterocycles. The van der Waals surface area contributed by atoms with Gasteiger partial charge in [-0.25, -0.2) is 4.98 Å². The molecule has 0 saturated carbocycles. The van der Waals surface area contributed by atoms with Crippen molar-refractivity contribution in [3.05, 3.63) is 21.8 Å². The highest BCUT2D eigenvalue weighted by Crippen LogP contribution is 2.26. The van der Waals surface area contributed by atoms with Gasteiger partial charge < -0.3 is 9.64 Å². The number of ether oxygens (including phenoxy) is 1. The SMILES string of the molecule is CN(CC1CCCO1)c1ncc(Br)cc1Cl. The molecule has 0 N–H and O–H groups in total. The van der Waals surface area contributed by atoms with E-state index in [1.807, 2.05) is 18.0 Å². The van der Waals surface area contributed by atoms with Gasteiger partial charge in [0.15, 0.2) is 0 Å². The molecule has 1 atom stereocenters. The standard InChI is InChI=1S/C11H14BrClN2O/c1-15(7-9-3-2-4-16-9)11-10(13)5-8(12)6-14-11/h5-6,9H,2-4,7H2,1H3. The van der Waals surface area contributed by atoms with Crippen molar-refractivity contribution >= 4 is 33.3 Å².